The molecule has 1 aliphatic heterocycles. The minimum absolute atomic E-state index is 0.138. The van der Waals surface area contributed by atoms with Crippen molar-refractivity contribution in [1.82, 2.24) is 30.4 Å². The van der Waals surface area contributed by atoms with E-state index in [0.717, 1.165) is 25.9 Å². The third-order valence-corrected chi connectivity index (χ3v) is 6.04. The lowest BCUT2D eigenvalue weighted by Gasteiger charge is -2.18. The molecular weight excluding hydrogens is 356 g/mol. The normalized spacial score (nSPS) is 15.8. The maximum absolute atomic E-state index is 12.7. The minimum atomic E-state index is -3.70. The van der Waals surface area contributed by atoms with Crippen LogP contribution >= 0.6 is 0 Å². The molecule has 0 radical (unpaired) electrons. The van der Waals surface area contributed by atoms with Crippen LogP contribution in [0, 0.1) is 5.92 Å². The van der Waals surface area contributed by atoms with Gasteiger partial charge in [-0.25, -0.2) is 13.2 Å². The number of amides is 2. The fraction of sp³-hybridized carbons (Fsp3) is 0.500. The predicted octanol–water partition coefficient (Wildman–Crippen LogP) is 0.878. The molecule has 1 saturated heterocycles. The van der Waals surface area contributed by atoms with E-state index in [4.69, 9.17) is 0 Å². The number of nitrogens with zero attached hydrogens (tertiary/aromatic N) is 5. The number of sulfone groups is 1. The molecule has 1 fully saturated rings. The smallest absolute Gasteiger partial charge is 0.317 e. The van der Waals surface area contributed by atoms with Crippen molar-refractivity contribution in [3.05, 3.63) is 30.3 Å². The molecule has 0 bridgehead atoms. The number of para-hydroxylation sites is 1. The highest BCUT2D eigenvalue weighted by atomic mass is 32.2. The van der Waals surface area contributed by atoms with Crippen LogP contribution in [-0.4, -0.2) is 64.9 Å². The molecule has 2 aromatic rings. The van der Waals surface area contributed by atoms with E-state index >= 15 is 0 Å². The molecule has 1 N–H and O–H groups in total. The number of carbonyl (C=O) groups excluding carboxylic acids is 1. The van der Waals surface area contributed by atoms with E-state index < -0.39 is 9.84 Å². The summed E-state index contributed by atoms with van der Waals surface area (Å²) in [6.07, 6.45) is 2.03. The summed E-state index contributed by atoms with van der Waals surface area (Å²) in [4.78, 5) is 13.8. The van der Waals surface area contributed by atoms with Crippen LogP contribution in [0.1, 0.15) is 19.8 Å². The van der Waals surface area contributed by atoms with Gasteiger partial charge in [0.25, 0.3) is 5.16 Å². The fourth-order valence-electron chi connectivity index (χ4n) is 2.91. The van der Waals surface area contributed by atoms with Crippen molar-refractivity contribution in [3.63, 3.8) is 0 Å². The molecule has 0 spiro atoms. The highest BCUT2D eigenvalue weighted by Gasteiger charge is 2.27. The average molecular weight is 378 g/mol. The largest absolute Gasteiger partial charge is 0.338 e. The Labute approximate surface area is 152 Å². The van der Waals surface area contributed by atoms with Crippen LogP contribution in [0.3, 0.4) is 0 Å². The molecule has 26 heavy (non-hydrogen) atoms. The van der Waals surface area contributed by atoms with Crippen LogP contribution in [0.25, 0.3) is 5.69 Å². The summed E-state index contributed by atoms with van der Waals surface area (Å²) in [6, 6.07) is 8.71. The third-order valence-electron chi connectivity index (χ3n) is 4.22. The number of carbonyl (C=O) groups is 1. The minimum Gasteiger partial charge on any atom is -0.338 e. The summed E-state index contributed by atoms with van der Waals surface area (Å²) in [7, 11) is -3.70. The molecule has 1 atom stereocenters. The summed E-state index contributed by atoms with van der Waals surface area (Å²) < 4.78 is 26.6. The number of aromatic nitrogens is 4. The monoisotopic (exact) mass is 378 g/mol. The van der Waals surface area contributed by atoms with Gasteiger partial charge < -0.3 is 10.2 Å². The number of rotatable bonds is 6. The average Bonchev–Trinajstić information content (AvgIpc) is 3.31. The number of likely N-dealkylation sites (tertiary alicyclic amines) is 1. The molecule has 1 aromatic carbocycles. The molecule has 2 heterocycles. The molecule has 1 unspecified atom stereocenters. The van der Waals surface area contributed by atoms with Crippen LogP contribution in [0.4, 0.5) is 4.79 Å². The maximum atomic E-state index is 12.7. The Bertz CT molecular complexity index is 846. The summed E-state index contributed by atoms with van der Waals surface area (Å²) in [6.45, 7) is 3.56. The van der Waals surface area contributed by atoms with E-state index in [1.54, 1.807) is 36.1 Å². The predicted molar refractivity (Wildman–Crippen MR) is 94.6 cm³/mol. The second kappa shape index (κ2) is 7.81. The van der Waals surface area contributed by atoms with Gasteiger partial charge in [-0.2, -0.15) is 4.68 Å². The number of hydrogen-bond acceptors (Lipinski definition) is 6. The lowest BCUT2D eigenvalue weighted by molar-refractivity contribution is 0.207. The molecule has 2 amide bonds. The van der Waals surface area contributed by atoms with Gasteiger partial charge in [-0.3, -0.25) is 0 Å². The molecule has 10 heteroatoms. The number of urea groups is 1. The van der Waals surface area contributed by atoms with Gasteiger partial charge in [0.1, 0.15) is 0 Å². The summed E-state index contributed by atoms with van der Waals surface area (Å²) in [5.41, 5.74) is 0.575. The van der Waals surface area contributed by atoms with Crippen molar-refractivity contribution in [3.8, 4) is 5.69 Å². The Morgan fingerprint density at radius 2 is 1.92 bits per heavy atom. The van der Waals surface area contributed by atoms with Crippen molar-refractivity contribution in [2.24, 2.45) is 5.92 Å². The summed E-state index contributed by atoms with van der Waals surface area (Å²) in [5, 5.41) is 13.6. The van der Waals surface area contributed by atoms with Crippen molar-refractivity contribution >= 4 is 15.9 Å². The highest BCUT2D eigenvalue weighted by Crippen LogP contribution is 2.15. The molecule has 0 aliphatic carbocycles. The first-order chi connectivity index (χ1) is 12.5. The first kappa shape index (κ1) is 18.3. The van der Waals surface area contributed by atoms with Crippen molar-refractivity contribution < 1.29 is 13.2 Å². The van der Waals surface area contributed by atoms with E-state index in [-0.39, 0.29) is 29.4 Å². The molecule has 1 aromatic heterocycles. The van der Waals surface area contributed by atoms with E-state index in [1.807, 2.05) is 6.07 Å². The van der Waals surface area contributed by atoms with Crippen molar-refractivity contribution in [1.29, 1.82) is 0 Å². The Morgan fingerprint density at radius 1 is 1.23 bits per heavy atom. The van der Waals surface area contributed by atoms with Gasteiger partial charge in [-0.05, 0) is 41.3 Å². The number of nitrogens with one attached hydrogen (secondary N) is 1. The molecule has 9 nitrogen and oxygen atoms in total. The lowest BCUT2D eigenvalue weighted by Crippen LogP contribution is -2.40. The maximum Gasteiger partial charge on any atom is 0.317 e. The van der Waals surface area contributed by atoms with Crippen LogP contribution in [0.2, 0.25) is 0 Å². The Morgan fingerprint density at radius 3 is 2.62 bits per heavy atom. The molecule has 140 valence electrons. The van der Waals surface area contributed by atoms with Gasteiger partial charge >= 0.3 is 6.03 Å². The topological polar surface area (TPSA) is 110 Å². The SMILES string of the molecule is CC(CNC(=O)N1CCCC1)CS(=O)(=O)c1nnnn1-c1ccccc1. The zero-order chi connectivity index (χ0) is 18.6. The molecular formula is C16H22N6O3S. The fourth-order valence-corrected chi connectivity index (χ4v) is 4.49. The quantitative estimate of drug-likeness (QED) is 0.799. The van der Waals surface area contributed by atoms with Gasteiger partial charge in [0.15, 0.2) is 0 Å². The van der Waals surface area contributed by atoms with Gasteiger partial charge in [0.05, 0.1) is 11.4 Å². The molecule has 1 aliphatic rings. The number of benzene rings is 1. The van der Waals surface area contributed by atoms with Crippen molar-refractivity contribution in [2.75, 3.05) is 25.4 Å². The standard InChI is InChI=1S/C16H22N6O3S/c1-13(11-17-15(23)21-9-5-6-10-21)12-26(24,25)16-18-19-20-22(16)14-7-3-2-4-8-14/h2-4,7-8,13H,5-6,9-12H2,1H3,(H,17,23). The highest BCUT2D eigenvalue weighted by molar-refractivity contribution is 7.91. The third kappa shape index (κ3) is 4.18. The first-order valence-electron chi connectivity index (χ1n) is 8.57. The van der Waals surface area contributed by atoms with Gasteiger partial charge in [-0.1, -0.05) is 30.2 Å². The van der Waals surface area contributed by atoms with Crippen LogP contribution in [-0.2, 0) is 9.84 Å². The summed E-state index contributed by atoms with van der Waals surface area (Å²) in [5.74, 6) is -0.423. The van der Waals surface area contributed by atoms with Crippen LogP contribution in [0.5, 0.6) is 0 Å². The molecule has 0 saturated carbocycles. The Hall–Kier alpha value is -2.49. The number of tetrazole rings is 1. The van der Waals surface area contributed by atoms with E-state index in [9.17, 15) is 13.2 Å². The van der Waals surface area contributed by atoms with Gasteiger partial charge in [0.2, 0.25) is 9.84 Å². The van der Waals surface area contributed by atoms with Crippen molar-refractivity contribution in [2.45, 2.75) is 24.9 Å². The summed E-state index contributed by atoms with van der Waals surface area (Å²) >= 11 is 0. The second-order valence-electron chi connectivity index (χ2n) is 6.48. The first-order valence-corrected chi connectivity index (χ1v) is 10.2. The zero-order valence-electron chi connectivity index (χ0n) is 14.6. The second-order valence-corrected chi connectivity index (χ2v) is 8.40. The van der Waals surface area contributed by atoms with Gasteiger partial charge in [-0.15, -0.1) is 0 Å². The Kier molecular flexibility index (Phi) is 5.50. The van der Waals surface area contributed by atoms with Crippen LogP contribution in [0.15, 0.2) is 35.5 Å². The molecule has 3 rings (SSSR count). The van der Waals surface area contributed by atoms with Gasteiger partial charge in [0, 0.05) is 19.6 Å². The number of hydrogen-bond donors (Lipinski definition) is 1. The van der Waals surface area contributed by atoms with E-state index in [1.165, 1.54) is 4.68 Å². The zero-order valence-corrected chi connectivity index (χ0v) is 15.4. The van der Waals surface area contributed by atoms with E-state index in [2.05, 4.69) is 20.8 Å². The van der Waals surface area contributed by atoms with Crippen LogP contribution < -0.4 is 5.32 Å². The van der Waals surface area contributed by atoms with E-state index in [0.29, 0.717) is 5.69 Å². The lowest BCUT2D eigenvalue weighted by atomic mass is 10.2. The Balaban J connectivity index is 1.64.